The molecule has 18 heavy (non-hydrogen) atoms. The Hall–Kier alpha value is -1.41. The Morgan fingerprint density at radius 1 is 1.28 bits per heavy atom. The summed E-state index contributed by atoms with van der Waals surface area (Å²) in [7, 11) is 0. The lowest BCUT2D eigenvalue weighted by molar-refractivity contribution is 0.0387. The van der Waals surface area contributed by atoms with Crippen LogP contribution in [0.4, 0.5) is 0 Å². The Labute approximate surface area is 108 Å². The van der Waals surface area contributed by atoms with Crippen molar-refractivity contribution in [3.05, 3.63) is 41.1 Å². The molecule has 2 aromatic rings. The summed E-state index contributed by atoms with van der Waals surface area (Å²) in [4.78, 5) is 4.77. The van der Waals surface area contributed by atoms with E-state index in [4.69, 9.17) is 9.72 Å². The van der Waals surface area contributed by atoms with E-state index in [0.29, 0.717) is 18.6 Å². The fourth-order valence-corrected chi connectivity index (χ4v) is 2.52. The summed E-state index contributed by atoms with van der Waals surface area (Å²) < 4.78 is 5.67. The highest BCUT2D eigenvalue weighted by Crippen LogP contribution is 2.26. The number of rotatable bonds is 1. The average Bonchev–Trinajstić information content (AvgIpc) is 2.35. The van der Waals surface area contributed by atoms with E-state index in [1.807, 2.05) is 0 Å². The van der Waals surface area contributed by atoms with Gasteiger partial charge in [-0.15, -0.1) is 0 Å². The van der Waals surface area contributed by atoms with E-state index in [1.165, 1.54) is 16.5 Å². The molecule has 0 radical (unpaired) electrons. The molecule has 0 amide bonds. The van der Waals surface area contributed by atoms with Crippen molar-refractivity contribution in [3.63, 3.8) is 0 Å². The van der Waals surface area contributed by atoms with Crippen molar-refractivity contribution in [1.29, 1.82) is 0 Å². The van der Waals surface area contributed by atoms with Crippen LogP contribution in [0.5, 0.6) is 0 Å². The maximum absolute atomic E-state index is 5.67. The van der Waals surface area contributed by atoms with Crippen LogP contribution >= 0.6 is 0 Å². The molecule has 2 heterocycles. The third-order valence-corrected chi connectivity index (χ3v) is 3.69. The number of nitrogens with zero attached hydrogens (tertiary/aromatic N) is 1. The summed E-state index contributed by atoms with van der Waals surface area (Å²) in [5.74, 6) is 0.545. The molecule has 0 fully saturated rings. The van der Waals surface area contributed by atoms with E-state index >= 15 is 0 Å². The van der Waals surface area contributed by atoms with Gasteiger partial charge in [-0.2, -0.15) is 0 Å². The number of aromatic nitrogens is 1. The van der Waals surface area contributed by atoms with E-state index in [9.17, 15) is 0 Å². The van der Waals surface area contributed by atoms with Gasteiger partial charge in [0.1, 0.15) is 0 Å². The first-order valence-electron chi connectivity index (χ1n) is 6.67. The zero-order valence-electron chi connectivity index (χ0n) is 11.2. The van der Waals surface area contributed by atoms with Gasteiger partial charge in [-0.3, -0.25) is 4.98 Å². The predicted molar refractivity (Wildman–Crippen MR) is 73.8 cm³/mol. The van der Waals surface area contributed by atoms with Crippen LogP contribution in [-0.2, 0) is 17.8 Å². The molecule has 1 aromatic heterocycles. The maximum Gasteiger partial charge on any atom is 0.0894 e. The normalized spacial score (nSPS) is 19.2. The largest absolute Gasteiger partial charge is 0.372 e. The van der Waals surface area contributed by atoms with Crippen molar-refractivity contribution < 1.29 is 4.74 Å². The molecule has 0 unspecified atom stereocenters. The second kappa shape index (κ2) is 4.36. The van der Waals surface area contributed by atoms with E-state index in [0.717, 1.165) is 17.6 Å². The van der Waals surface area contributed by atoms with Crippen LogP contribution in [0, 0.1) is 0 Å². The Morgan fingerprint density at radius 3 is 2.89 bits per heavy atom. The van der Waals surface area contributed by atoms with Crippen molar-refractivity contribution >= 4 is 10.9 Å². The molecule has 1 aliphatic heterocycles. The highest BCUT2D eigenvalue weighted by atomic mass is 16.5. The van der Waals surface area contributed by atoms with Gasteiger partial charge in [-0.25, -0.2) is 0 Å². The molecule has 0 saturated heterocycles. The van der Waals surface area contributed by atoms with E-state index in [2.05, 4.69) is 45.0 Å². The van der Waals surface area contributed by atoms with Gasteiger partial charge >= 0.3 is 0 Å². The molecular weight excluding hydrogens is 222 g/mol. The average molecular weight is 241 g/mol. The molecule has 94 valence electrons. The number of fused-ring (bicyclic) bond motifs is 2. The molecule has 0 N–H and O–H groups in total. The van der Waals surface area contributed by atoms with E-state index in [1.54, 1.807) is 0 Å². The van der Waals surface area contributed by atoms with Gasteiger partial charge in [0, 0.05) is 11.8 Å². The quantitative estimate of drug-likeness (QED) is 0.757. The number of benzene rings is 1. The lowest BCUT2D eigenvalue weighted by atomic mass is 9.98. The fraction of sp³-hybridized carbons (Fsp3) is 0.438. The molecule has 1 aliphatic rings. The summed E-state index contributed by atoms with van der Waals surface area (Å²) in [6.07, 6.45) is 1.29. The van der Waals surface area contributed by atoms with Gasteiger partial charge in [0.25, 0.3) is 0 Å². The summed E-state index contributed by atoms with van der Waals surface area (Å²) in [6, 6.07) is 8.89. The molecule has 1 atom stereocenters. The molecule has 3 rings (SSSR count). The van der Waals surface area contributed by atoms with Crippen LogP contribution in [0.25, 0.3) is 10.9 Å². The second-order valence-corrected chi connectivity index (χ2v) is 5.53. The van der Waals surface area contributed by atoms with Crippen LogP contribution in [0.15, 0.2) is 24.3 Å². The lowest BCUT2D eigenvalue weighted by Gasteiger charge is -2.22. The highest BCUT2D eigenvalue weighted by Gasteiger charge is 2.17. The third-order valence-electron chi connectivity index (χ3n) is 3.69. The molecule has 0 spiro atoms. The zero-order valence-corrected chi connectivity index (χ0v) is 11.2. The molecular formula is C16H19NO. The minimum Gasteiger partial charge on any atom is -0.372 e. The summed E-state index contributed by atoms with van der Waals surface area (Å²) in [5.41, 5.74) is 4.90. The van der Waals surface area contributed by atoms with Gasteiger partial charge in [-0.05, 0) is 36.1 Å². The van der Waals surface area contributed by atoms with Crippen molar-refractivity contribution in [2.75, 3.05) is 0 Å². The van der Waals surface area contributed by atoms with Crippen LogP contribution < -0.4 is 0 Å². The standard InChI is InChI=1S/C16H19NO/c1-10(2)12-4-5-13-7-14-6-11(3)18-9-16(14)17-15(13)8-12/h4-5,7-8,10-11H,6,9H2,1-3H3/t11-/m1/s1. The first kappa shape index (κ1) is 11.7. The maximum atomic E-state index is 5.67. The lowest BCUT2D eigenvalue weighted by Crippen LogP contribution is -2.20. The van der Waals surface area contributed by atoms with Gasteiger partial charge in [-0.1, -0.05) is 26.0 Å². The van der Waals surface area contributed by atoms with Gasteiger partial charge < -0.3 is 4.74 Å². The number of hydrogen-bond donors (Lipinski definition) is 0. The van der Waals surface area contributed by atoms with E-state index in [-0.39, 0.29) is 0 Å². The third kappa shape index (κ3) is 2.01. The van der Waals surface area contributed by atoms with Crippen molar-refractivity contribution in [2.45, 2.75) is 45.8 Å². The molecule has 2 heteroatoms. The van der Waals surface area contributed by atoms with Crippen molar-refractivity contribution in [2.24, 2.45) is 0 Å². The van der Waals surface area contributed by atoms with Gasteiger partial charge in [0.05, 0.1) is 23.9 Å². The second-order valence-electron chi connectivity index (χ2n) is 5.53. The molecule has 0 saturated carbocycles. The number of hydrogen-bond acceptors (Lipinski definition) is 2. The van der Waals surface area contributed by atoms with Crippen LogP contribution in [-0.4, -0.2) is 11.1 Å². The van der Waals surface area contributed by atoms with Crippen molar-refractivity contribution in [3.8, 4) is 0 Å². The molecule has 0 aliphatic carbocycles. The first-order valence-corrected chi connectivity index (χ1v) is 6.67. The molecule has 0 bridgehead atoms. The van der Waals surface area contributed by atoms with E-state index < -0.39 is 0 Å². The Balaban J connectivity index is 2.12. The fourth-order valence-electron chi connectivity index (χ4n) is 2.52. The van der Waals surface area contributed by atoms with Gasteiger partial charge in [0.15, 0.2) is 0 Å². The number of ether oxygens (including phenoxy) is 1. The van der Waals surface area contributed by atoms with Gasteiger partial charge in [0.2, 0.25) is 0 Å². The summed E-state index contributed by atoms with van der Waals surface area (Å²) >= 11 is 0. The zero-order chi connectivity index (χ0) is 12.7. The topological polar surface area (TPSA) is 22.1 Å². The minimum absolute atomic E-state index is 0.312. The highest BCUT2D eigenvalue weighted by molar-refractivity contribution is 5.80. The predicted octanol–water partition coefficient (Wildman–Crippen LogP) is 3.82. The monoisotopic (exact) mass is 241 g/mol. The smallest absolute Gasteiger partial charge is 0.0894 e. The molecule has 1 aromatic carbocycles. The van der Waals surface area contributed by atoms with Crippen molar-refractivity contribution in [1.82, 2.24) is 4.98 Å². The summed E-state index contributed by atoms with van der Waals surface area (Å²) in [5, 5.41) is 1.24. The summed E-state index contributed by atoms with van der Waals surface area (Å²) in [6.45, 7) is 7.20. The minimum atomic E-state index is 0.312. The number of pyridine rings is 1. The first-order chi connectivity index (χ1) is 8.63. The van der Waals surface area contributed by atoms with Crippen LogP contribution in [0.2, 0.25) is 0 Å². The SMILES string of the molecule is CC(C)c1ccc2cc3c(nc2c1)CO[C@H](C)C3. The Morgan fingerprint density at radius 2 is 2.11 bits per heavy atom. The van der Waals surface area contributed by atoms with Crippen LogP contribution in [0.3, 0.4) is 0 Å². The van der Waals surface area contributed by atoms with Crippen LogP contribution in [0.1, 0.15) is 43.5 Å². The Kier molecular flexibility index (Phi) is 2.83. The Bertz CT molecular complexity index is 589. The molecule has 2 nitrogen and oxygen atoms in total.